The van der Waals surface area contributed by atoms with Crippen molar-refractivity contribution in [1.29, 1.82) is 0 Å². The van der Waals surface area contributed by atoms with Crippen LogP contribution in [0.2, 0.25) is 0 Å². The molecule has 0 radical (unpaired) electrons. The Morgan fingerprint density at radius 2 is 2.14 bits per heavy atom. The van der Waals surface area contributed by atoms with Gasteiger partial charge in [-0.25, -0.2) is 17.9 Å². The number of sulfonamides is 1. The van der Waals surface area contributed by atoms with Crippen molar-refractivity contribution in [1.82, 2.24) is 4.72 Å². The minimum Gasteiger partial charge on any atom is -0.478 e. The van der Waals surface area contributed by atoms with Crippen LogP contribution in [0.25, 0.3) is 0 Å². The van der Waals surface area contributed by atoms with Gasteiger partial charge in [0.25, 0.3) is 0 Å². The number of nitrogens with one attached hydrogen (secondary N) is 2. The lowest BCUT2D eigenvalue weighted by molar-refractivity contribution is 0.0697. The third-order valence-corrected chi connectivity index (χ3v) is 4.38. The molecule has 1 unspecified atom stereocenters. The zero-order chi connectivity index (χ0) is 16.0. The summed E-state index contributed by atoms with van der Waals surface area (Å²) in [4.78, 5) is 11.2. The normalized spacial score (nSPS) is 12.7. The molecule has 0 aliphatic rings. The molecule has 1 aromatic rings. The second-order valence-electron chi connectivity index (χ2n) is 4.61. The summed E-state index contributed by atoms with van der Waals surface area (Å²) >= 11 is 0. The Balaban J connectivity index is 3.20. The number of hydrogen-bond donors (Lipinski definition) is 3. The van der Waals surface area contributed by atoms with E-state index in [1.807, 2.05) is 13.8 Å². The molecular formula is C14H20N2O4S. The fraction of sp³-hybridized carbons (Fsp3) is 0.357. The van der Waals surface area contributed by atoms with Gasteiger partial charge in [0.15, 0.2) is 0 Å². The third kappa shape index (κ3) is 4.57. The van der Waals surface area contributed by atoms with Crippen molar-refractivity contribution in [3.63, 3.8) is 0 Å². The Hall–Kier alpha value is -1.86. The molecule has 0 aliphatic heterocycles. The van der Waals surface area contributed by atoms with Gasteiger partial charge in [-0.05, 0) is 31.5 Å². The van der Waals surface area contributed by atoms with Crippen molar-refractivity contribution >= 4 is 21.7 Å². The predicted octanol–water partition coefficient (Wildman–Crippen LogP) is 2.06. The maximum Gasteiger partial charge on any atom is 0.337 e. The lowest BCUT2D eigenvalue weighted by atomic mass is 10.1. The minimum absolute atomic E-state index is 0.0724. The molecule has 6 nitrogen and oxygen atoms in total. The number of anilines is 1. The van der Waals surface area contributed by atoms with Gasteiger partial charge in [0.1, 0.15) is 0 Å². The highest BCUT2D eigenvalue weighted by molar-refractivity contribution is 7.89. The van der Waals surface area contributed by atoms with Crippen LogP contribution in [-0.2, 0) is 10.0 Å². The van der Waals surface area contributed by atoms with Crippen molar-refractivity contribution in [3.05, 3.63) is 36.4 Å². The van der Waals surface area contributed by atoms with E-state index in [9.17, 15) is 18.3 Å². The first-order valence-corrected chi connectivity index (χ1v) is 8.04. The maximum atomic E-state index is 12.0. The summed E-state index contributed by atoms with van der Waals surface area (Å²) in [6.07, 6.45) is 2.23. The summed E-state index contributed by atoms with van der Waals surface area (Å²) in [5, 5.41) is 12.3. The lowest BCUT2D eigenvalue weighted by Gasteiger charge is -2.16. The second kappa shape index (κ2) is 7.24. The van der Waals surface area contributed by atoms with Gasteiger partial charge in [-0.2, -0.15) is 0 Å². The van der Waals surface area contributed by atoms with E-state index in [1.165, 1.54) is 18.2 Å². The Morgan fingerprint density at radius 3 is 2.67 bits per heavy atom. The number of hydrogen-bond acceptors (Lipinski definition) is 4. The van der Waals surface area contributed by atoms with Gasteiger partial charge >= 0.3 is 5.97 Å². The van der Waals surface area contributed by atoms with Crippen molar-refractivity contribution in [2.24, 2.45) is 0 Å². The van der Waals surface area contributed by atoms with Crippen LogP contribution in [0.1, 0.15) is 30.6 Å². The second-order valence-corrected chi connectivity index (χ2v) is 6.37. The highest BCUT2D eigenvalue weighted by Gasteiger charge is 2.18. The van der Waals surface area contributed by atoms with Gasteiger partial charge in [-0.3, -0.25) is 0 Å². The molecule has 116 valence electrons. The molecule has 1 aromatic carbocycles. The van der Waals surface area contributed by atoms with Crippen LogP contribution in [0.15, 0.2) is 35.7 Å². The molecule has 0 aromatic heterocycles. The van der Waals surface area contributed by atoms with Crippen molar-refractivity contribution in [2.75, 3.05) is 11.9 Å². The zero-order valence-electron chi connectivity index (χ0n) is 12.1. The zero-order valence-corrected chi connectivity index (χ0v) is 12.9. The van der Waals surface area contributed by atoms with E-state index in [4.69, 9.17) is 0 Å². The van der Waals surface area contributed by atoms with E-state index in [1.54, 1.807) is 0 Å². The number of carboxylic acids is 1. The van der Waals surface area contributed by atoms with Crippen LogP contribution in [0.3, 0.4) is 0 Å². The number of carboxylic acid groups (broad SMARTS) is 1. The molecule has 0 bridgehead atoms. The predicted molar refractivity (Wildman–Crippen MR) is 82.2 cm³/mol. The first-order chi connectivity index (χ1) is 9.81. The third-order valence-electron chi connectivity index (χ3n) is 2.96. The van der Waals surface area contributed by atoms with E-state index < -0.39 is 16.0 Å². The van der Waals surface area contributed by atoms with E-state index in [-0.39, 0.29) is 23.0 Å². The van der Waals surface area contributed by atoms with Crippen LogP contribution < -0.4 is 10.0 Å². The molecule has 21 heavy (non-hydrogen) atoms. The summed E-state index contributed by atoms with van der Waals surface area (Å²) < 4.78 is 26.3. The summed E-state index contributed by atoms with van der Waals surface area (Å²) in [6, 6.07) is 4.09. The Bertz CT molecular complexity index is 626. The average molecular weight is 312 g/mol. The van der Waals surface area contributed by atoms with Crippen LogP contribution in [0.4, 0.5) is 5.69 Å². The summed E-state index contributed by atoms with van der Waals surface area (Å²) in [5.41, 5.74) is 0.330. The van der Waals surface area contributed by atoms with Crippen LogP contribution in [0.5, 0.6) is 0 Å². The summed E-state index contributed by atoms with van der Waals surface area (Å²) in [5.74, 6) is -1.18. The number of benzene rings is 1. The molecule has 1 atom stereocenters. The molecule has 0 saturated heterocycles. The lowest BCUT2D eigenvalue weighted by Crippen LogP contribution is -2.24. The van der Waals surface area contributed by atoms with Crippen molar-refractivity contribution < 1.29 is 18.3 Å². The minimum atomic E-state index is -3.74. The smallest absolute Gasteiger partial charge is 0.337 e. The van der Waals surface area contributed by atoms with Gasteiger partial charge in [-0.15, -0.1) is 6.58 Å². The average Bonchev–Trinajstić information content (AvgIpc) is 2.44. The molecule has 0 fully saturated rings. The van der Waals surface area contributed by atoms with Crippen LogP contribution >= 0.6 is 0 Å². The van der Waals surface area contributed by atoms with Gasteiger partial charge in [0, 0.05) is 18.3 Å². The summed E-state index contributed by atoms with van der Waals surface area (Å²) in [6.45, 7) is 7.40. The van der Waals surface area contributed by atoms with Crippen molar-refractivity contribution in [2.45, 2.75) is 31.2 Å². The number of carbonyl (C=O) groups is 1. The molecule has 0 spiro atoms. The number of rotatable bonds is 8. The Morgan fingerprint density at radius 1 is 1.48 bits per heavy atom. The standard InChI is InChI=1S/C14H20N2O4S/c1-4-8-15-21(19,20)11-6-7-13(16-10(3)5-2)12(9-11)14(17)18/h4,6-7,9-10,15-16H,1,5,8H2,2-3H3,(H,17,18). The highest BCUT2D eigenvalue weighted by atomic mass is 32.2. The first kappa shape index (κ1) is 17.2. The first-order valence-electron chi connectivity index (χ1n) is 6.56. The molecule has 0 amide bonds. The quantitative estimate of drug-likeness (QED) is 0.639. The molecule has 3 N–H and O–H groups in total. The maximum absolute atomic E-state index is 12.0. The molecule has 0 aliphatic carbocycles. The van der Waals surface area contributed by atoms with Crippen molar-refractivity contribution in [3.8, 4) is 0 Å². The largest absolute Gasteiger partial charge is 0.478 e. The molecule has 0 saturated carbocycles. The van der Waals surface area contributed by atoms with E-state index in [2.05, 4.69) is 16.6 Å². The fourth-order valence-electron chi connectivity index (χ4n) is 1.61. The fourth-order valence-corrected chi connectivity index (χ4v) is 2.64. The van der Waals surface area contributed by atoms with Gasteiger partial charge < -0.3 is 10.4 Å². The molecular weight excluding hydrogens is 292 g/mol. The SMILES string of the molecule is C=CCNS(=O)(=O)c1ccc(NC(C)CC)c(C(=O)O)c1. The topological polar surface area (TPSA) is 95.5 Å². The van der Waals surface area contributed by atoms with E-state index in [0.29, 0.717) is 5.69 Å². The van der Waals surface area contributed by atoms with Crippen LogP contribution in [0, 0.1) is 0 Å². The highest BCUT2D eigenvalue weighted by Crippen LogP contribution is 2.22. The number of aromatic carboxylic acids is 1. The summed E-state index contributed by atoms with van der Waals surface area (Å²) in [7, 11) is -3.74. The Labute approximate surface area is 124 Å². The Kier molecular flexibility index (Phi) is 5.92. The van der Waals surface area contributed by atoms with Crippen LogP contribution in [-0.4, -0.2) is 32.1 Å². The molecule has 7 heteroatoms. The van der Waals surface area contributed by atoms with Gasteiger partial charge in [0.05, 0.1) is 10.5 Å². The molecule has 1 rings (SSSR count). The van der Waals surface area contributed by atoms with Gasteiger partial charge in [0.2, 0.25) is 10.0 Å². The monoisotopic (exact) mass is 312 g/mol. The van der Waals surface area contributed by atoms with E-state index in [0.717, 1.165) is 12.5 Å². The van der Waals surface area contributed by atoms with E-state index >= 15 is 0 Å². The molecule has 0 heterocycles. The van der Waals surface area contributed by atoms with Gasteiger partial charge in [-0.1, -0.05) is 13.0 Å².